The third-order valence-electron chi connectivity index (χ3n) is 4.28. The quantitative estimate of drug-likeness (QED) is 0.670. The molecule has 0 amide bonds. The molecule has 1 fully saturated rings. The molecule has 1 rings (SSSR count). The van der Waals surface area contributed by atoms with Crippen LogP contribution in [0.25, 0.3) is 0 Å². The number of morpholine rings is 1. The van der Waals surface area contributed by atoms with Gasteiger partial charge in [-0.05, 0) is 12.3 Å². The topological polar surface area (TPSA) is 32.7 Å². The molecule has 20 heavy (non-hydrogen) atoms. The molecule has 1 saturated heterocycles. The van der Waals surface area contributed by atoms with Gasteiger partial charge in [0.1, 0.15) is 0 Å². The first kappa shape index (κ1) is 20.2. The second kappa shape index (κ2) is 12.9. The maximum absolute atomic E-state index is 9.11. The number of nitrogens with zero attached hydrogens (tertiary/aromatic N) is 1. The van der Waals surface area contributed by atoms with Crippen LogP contribution in [0.15, 0.2) is 0 Å². The molecule has 0 spiro atoms. The van der Waals surface area contributed by atoms with E-state index in [1.807, 2.05) is 0 Å². The third kappa shape index (κ3) is 7.82. The summed E-state index contributed by atoms with van der Waals surface area (Å²) in [7, 11) is 0. The number of rotatable bonds is 10. The van der Waals surface area contributed by atoms with E-state index in [1.54, 1.807) is 0 Å². The Morgan fingerprint density at radius 1 is 1.20 bits per heavy atom. The van der Waals surface area contributed by atoms with Crippen molar-refractivity contribution in [3.05, 3.63) is 0 Å². The van der Waals surface area contributed by atoms with E-state index in [9.17, 15) is 0 Å². The van der Waals surface area contributed by atoms with Gasteiger partial charge in [-0.25, -0.2) is 0 Å². The van der Waals surface area contributed by atoms with Crippen LogP contribution in [0.3, 0.4) is 0 Å². The number of aliphatic hydroxyl groups is 1. The molecule has 4 heteroatoms. The number of ether oxygens (including phenoxy) is 1. The summed E-state index contributed by atoms with van der Waals surface area (Å²) in [6.45, 7) is 8.32. The molecule has 0 aromatic heterocycles. The Bertz CT molecular complexity index is 209. The van der Waals surface area contributed by atoms with Crippen LogP contribution in [0.2, 0.25) is 0 Å². The summed E-state index contributed by atoms with van der Waals surface area (Å²) in [4.78, 5) is 2.40. The van der Waals surface area contributed by atoms with Crippen LogP contribution in [0.4, 0.5) is 0 Å². The van der Waals surface area contributed by atoms with E-state index >= 15 is 0 Å². The number of halogens is 1. The summed E-state index contributed by atoms with van der Waals surface area (Å²) in [6, 6.07) is 0.532. The van der Waals surface area contributed by atoms with Gasteiger partial charge in [0.05, 0.1) is 19.8 Å². The van der Waals surface area contributed by atoms with E-state index in [0.29, 0.717) is 6.04 Å². The van der Waals surface area contributed by atoms with Gasteiger partial charge < -0.3 is 9.84 Å². The van der Waals surface area contributed by atoms with E-state index in [0.717, 1.165) is 32.2 Å². The van der Waals surface area contributed by atoms with Gasteiger partial charge in [-0.1, -0.05) is 52.4 Å². The van der Waals surface area contributed by atoms with Crippen LogP contribution in [0, 0.1) is 5.92 Å². The highest BCUT2D eigenvalue weighted by Gasteiger charge is 2.22. The van der Waals surface area contributed by atoms with E-state index in [-0.39, 0.29) is 19.0 Å². The Labute approximate surface area is 131 Å². The lowest BCUT2D eigenvalue weighted by molar-refractivity contribution is -0.0174. The molecule has 1 aliphatic heterocycles. The van der Waals surface area contributed by atoms with Crippen LogP contribution in [-0.4, -0.2) is 49.0 Å². The van der Waals surface area contributed by atoms with Crippen molar-refractivity contribution < 1.29 is 9.84 Å². The number of hydrogen-bond donors (Lipinski definition) is 1. The summed E-state index contributed by atoms with van der Waals surface area (Å²) in [5, 5.41) is 9.11. The van der Waals surface area contributed by atoms with Crippen molar-refractivity contribution >= 4 is 12.4 Å². The number of hydrogen-bond acceptors (Lipinski definition) is 3. The van der Waals surface area contributed by atoms with Crippen LogP contribution >= 0.6 is 12.4 Å². The molecule has 1 N–H and O–H groups in total. The van der Waals surface area contributed by atoms with Gasteiger partial charge in [-0.3, -0.25) is 4.90 Å². The Kier molecular flexibility index (Phi) is 13.0. The first-order valence-corrected chi connectivity index (χ1v) is 8.24. The standard InChI is InChI=1S/C16H33NO2.ClH/c1-3-6-15(7-4-2)8-5-9-16-14-19-13-11-17(16)10-12-18;/h15-16,18H,3-14H2,1-2H3;1H. The lowest BCUT2D eigenvalue weighted by Crippen LogP contribution is -2.46. The van der Waals surface area contributed by atoms with Gasteiger partial charge >= 0.3 is 0 Å². The average molecular weight is 308 g/mol. The number of aliphatic hydroxyl groups excluding tert-OH is 1. The second-order valence-corrected chi connectivity index (χ2v) is 5.86. The fourth-order valence-corrected chi connectivity index (χ4v) is 3.27. The summed E-state index contributed by atoms with van der Waals surface area (Å²) in [6.07, 6.45) is 9.29. The van der Waals surface area contributed by atoms with Crippen LogP contribution < -0.4 is 0 Å². The van der Waals surface area contributed by atoms with Crippen molar-refractivity contribution in [3.63, 3.8) is 0 Å². The lowest BCUT2D eigenvalue weighted by Gasteiger charge is -2.35. The second-order valence-electron chi connectivity index (χ2n) is 5.86. The Morgan fingerprint density at radius 2 is 1.90 bits per heavy atom. The monoisotopic (exact) mass is 307 g/mol. The summed E-state index contributed by atoms with van der Waals surface area (Å²) in [5.74, 6) is 0.922. The fourth-order valence-electron chi connectivity index (χ4n) is 3.27. The molecule has 1 aliphatic rings. The van der Waals surface area contributed by atoms with Gasteiger partial charge in [0.15, 0.2) is 0 Å². The highest BCUT2D eigenvalue weighted by Crippen LogP contribution is 2.22. The maximum atomic E-state index is 9.11. The first-order valence-electron chi connectivity index (χ1n) is 8.24. The van der Waals surface area contributed by atoms with E-state index in [4.69, 9.17) is 9.84 Å². The van der Waals surface area contributed by atoms with Crippen LogP contribution in [-0.2, 0) is 4.74 Å². The molecule has 0 bridgehead atoms. The minimum Gasteiger partial charge on any atom is -0.395 e. The first-order chi connectivity index (χ1) is 9.31. The van der Waals surface area contributed by atoms with Crippen molar-refractivity contribution in [2.24, 2.45) is 5.92 Å². The molecule has 122 valence electrons. The lowest BCUT2D eigenvalue weighted by atomic mass is 9.91. The van der Waals surface area contributed by atoms with Gasteiger partial charge in [0.25, 0.3) is 0 Å². The molecule has 0 aromatic rings. The van der Waals surface area contributed by atoms with Gasteiger partial charge in [0, 0.05) is 19.1 Å². The highest BCUT2D eigenvalue weighted by atomic mass is 35.5. The zero-order chi connectivity index (χ0) is 13.9. The molecule has 1 unspecified atom stereocenters. The number of β-amino-alcohol motifs (C(OH)–C–C–N with tert-alkyl or cyclic N) is 1. The van der Waals surface area contributed by atoms with Crippen molar-refractivity contribution in [1.82, 2.24) is 4.90 Å². The molecule has 0 saturated carbocycles. The largest absolute Gasteiger partial charge is 0.395 e. The molecule has 0 radical (unpaired) electrons. The van der Waals surface area contributed by atoms with Gasteiger partial charge in [0.2, 0.25) is 0 Å². The maximum Gasteiger partial charge on any atom is 0.0622 e. The summed E-state index contributed by atoms with van der Waals surface area (Å²) < 4.78 is 5.59. The van der Waals surface area contributed by atoms with Crippen LogP contribution in [0.5, 0.6) is 0 Å². The molecule has 1 heterocycles. The molecule has 3 nitrogen and oxygen atoms in total. The van der Waals surface area contributed by atoms with E-state index < -0.39 is 0 Å². The Morgan fingerprint density at radius 3 is 2.50 bits per heavy atom. The van der Waals surface area contributed by atoms with Crippen molar-refractivity contribution in [2.75, 3.05) is 32.9 Å². The molecule has 0 aromatic carbocycles. The highest BCUT2D eigenvalue weighted by molar-refractivity contribution is 5.85. The SMILES string of the molecule is CCCC(CCC)CCCC1COCCN1CCO.Cl. The predicted molar refractivity (Wildman–Crippen MR) is 87.7 cm³/mol. The molecule has 0 aliphatic carbocycles. The Hall–Kier alpha value is 0.170. The fraction of sp³-hybridized carbons (Fsp3) is 1.00. The minimum absolute atomic E-state index is 0. The van der Waals surface area contributed by atoms with Crippen molar-refractivity contribution in [3.8, 4) is 0 Å². The van der Waals surface area contributed by atoms with E-state index in [2.05, 4.69) is 18.7 Å². The zero-order valence-corrected chi connectivity index (χ0v) is 14.2. The van der Waals surface area contributed by atoms with Crippen molar-refractivity contribution in [2.45, 2.75) is 64.8 Å². The summed E-state index contributed by atoms with van der Waals surface area (Å²) >= 11 is 0. The van der Waals surface area contributed by atoms with E-state index in [1.165, 1.54) is 44.9 Å². The average Bonchev–Trinajstić information content (AvgIpc) is 2.41. The zero-order valence-electron chi connectivity index (χ0n) is 13.4. The smallest absolute Gasteiger partial charge is 0.0622 e. The minimum atomic E-state index is 0. The predicted octanol–water partition coefficient (Wildman–Crippen LogP) is 3.49. The van der Waals surface area contributed by atoms with Gasteiger partial charge in [-0.15, -0.1) is 12.4 Å². The van der Waals surface area contributed by atoms with Gasteiger partial charge in [-0.2, -0.15) is 0 Å². The van der Waals surface area contributed by atoms with Crippen LogP contribution in [0.1, 0.15) is 58.8 Å². The third-order valence-corrected chi connectivity index (χ3v) is 4.28. The molecule has 1 atom stereocenters. The van der Waals surface area contributed by atoms with Crippen molar-refractivity contribution in [1.29, 1.82) is 0 Å². The Balaban J connectivity index is 0.00000361. The molecular formula is C16H34ClNO2. The molecular weight excluding hydrogens is 274 g/mol. The summed E-state index contributed by atoms with van der Waals surface area (Å²) in [5.41, 5.74) is 0. The normalized spacial score (nSPS) is 20.1.